The average Bonchev–Trinajstić information content (AvgIpc) is 2.34. The number of hydrogen-bond acceptors (Lipinski definition) is 2. The van der Waals surface area contributed by atoms with E-state index in [1.165, 1.54) is 24.8 Å². The zero-order chi connectivity index (χ0) is 13.8. The molecule has 1 saturated carbocycles. The minimum Gasteiger partial charge on any atom is -0.326 e. The molecule has 0 radical (unpaired) electrons. The standard InChI is InChI=1S/C16H25ClN2/c1-3-15(18)16(13-8-5-9-14(17)10-13)19(2)11-12-6-4-7-12/h5,8-10,12,15-16H,3-4,6-7,11,18H2,1-2H3. The maximum Gasteiger partial charge on any atom is 0.0496 e. The van der Waals surface area contributed by atoms with Gasteiger partial charge in [0.25, 0.3) is 0 Å². The van der Waals surface area contributed by atoms with Crippen molar-refractivity contribution in [1.82, 2.24) is 4.90 Å². The first kappa shape index (κ1) is 14.8. The first-order valence-corrected chi connectivity index (χ1v) is 7.71. The Kier molecular flexibility index (Phi) is 5.26. The summed E-state index contributed by atoms with van der Waals surface area (Å²) >= 11 is 6.13. The molecule has 3 heteroatoms. The summed E-state index contributed by atoms with van der Waals surface area (Å²) in [6, 6.07) is 8.56. The molecule has 106 valence electrons. The van der Waals surface area contributed by atoms with Gasteiger partial charge in [-0.3, -0.25) is 4.90 Å². The van der Waals surface area contributed by atoms with Crippen LogP contribution in [0.15, 0.2) is 24.3 Å². The van der Waals surface area contributed by atoms with Crippen LogP contribution in [0.4, 0.5) is 0 Å². The zero-order valence-electron chi connectivity index (χ0n) is 12.0. The highest BCUT2D eigenvalue weighted by Crippen LogP contribution is 2.31. The molecule has 0 amide bonds. The van der Waals surface area contributed by atoms with E-state index in [2.05, 4.69) is 31.0 Å². The summed E-state index contributed by atoms with van der Waals surface area (Å²) in [5, 5.41) is 0.794. The predicted molar refractivity (Wildman–Crippen MR) is 82.4 cm³/mol. The highest BCUT2D eigenvalue weighted by Gasteiger charge is 2.27. The summed E-state index contributed by atoms with van der Waals surface area (Å²) in [7, 11) is 2.19. The van der Waals surface area contributed by atoms with Crippen LogP contribution >= 0.6 is 11.6 Å². The SMILES string of the molecule is CCC(N)C(c1cccc(Cl)c1)N(C)CC1CCC1. The van der Waals surface area contributed by atoms with Crippen LogP contribution in [0, 0.1) is 5.92 Å². The van der Waals surface area contributed by atoms with E-state index >= 15 is 0 Å². The highest BCUT2D eigenvalue weighted by atomic mass is 35.5. The molecule has 1 aromatic carbocycles. The van der Waals surface area contributed by atoms with Crippen LogP contribution in [0.3, 0.4) is 0 Å². The van der Waals surface area contributed by atoms with Gasteiger partial charge in [0.15, 0.2) is 0 Å². The van der Waals surface area contributed by atoms with Gasteiger partial charge in [0.2, 0.25) is 0 Å². The largest absolute Gasteiger partial charge is 0.326 e. The fourth-order valence-corrected chi connectivity index (χ4v) is 3.14. The smallest absolute Gasteiger partial charge is 0.0496 e. The van der Waals surface area contributed by atoms with Crippen LogP contribution in [0.25, 0.3) is 0 Å². The molecule has 1 fully saturated rings. The summed E-state index contributed by atoms with van der Waals surface area (Å²) < 4.78 is 0. The van der Waals surface area contributed by atoms with Crippen molar-refractivity contribution in [2.75, 3.05) is 13.6 Å². The van der Waals surface area contributed by atoms with Crippen molar-refractivity contribution in [3.05, 3.63) is 34.9 Å². The van der Waals surface area contributed by atoms with E-state index in [0.717, 1.165) is 23.9 Å². The van der Waals surface area contributed by atoms with E-state index in [4.69, 9.17) is 17.3 Å². The van der Waals surface area contributed by atoms with Gasteiger partial charge in [0.1, 0.15) is 0 Å². The summed E-state index contributed by atoms with van der Waals surface area (Å²) in [4.78, 5) is 2.42. The van der Waals surface area contributed by atoms with Crippen molar-refractivity contribution in [3.8, 4) is 0 Å². The number of halogens is 1. The Balaban J connectivity index is 2.14. The lowest BCUT2D eigenvalue weighted by molar-refractivity contribution is 0.144. The topological polar surface area (TPSA) is 29.3 Å². The third kappa shape index (κ3) is 3.71. The Morgan fingerprint density at radius 3 is 2.68 bits per heavy atom. The molecule has 0 spiro atoms. The molecule has 2 N–H and O–H groups in total. The first-order chi connectivity index (χ1) is 9.11. The van der Waals surface area contributed by atoms with Crippen molar-refractivity contribution >= 4 is 11.6 Å². The molecule has 2 nitrogen and oxygen atoms in total. The van der Waals surface area contributed by atoms with Crippen LogP contribution in [-0.2, 0) is 0 Å². The third-order valence-electron chi connectivity index (χ3n) is 4.31. The number of likely N-dealkylation sites (N-methyl/N-ethyl adjacent to an activating group) is 1. The van der Waals surface area contributed by atoms with Gasteiger partial charge in [-0.25, -0.2) is 0 Å². The molecule has 0 aliphatic heterocycles. The van der Waals surface area contributed by atoms with Gasteiger partial charge in [-0.05, 0) is 49.9 Å². The van der Waals surface area contributed by atoms with Crippen molar-refractivity contribution in [2.24, 2.45) is 11.7 Å². The molecular formula is C16H25ClN2. The van der Waals surface area contributed by atoms with Crippen LogP contribution in [-0.4, -0.2) is 24.5 Å². The van der Waals surface area contributed by atoms with Gasteiger partial charge in [0, 0.05) is 23.7 Å². The van der Waals surface area contributed by atoms with Gasteiger partial charge in [-0.15, -0.1) is 0 Å². The Labute approximate surface area is 121 Å². The number of nitrogens with zero attached hydrogens (tertiary/aromatic N) is 1. The lowest BCUT2D eigenvalue weighted by Gasteiger charge is -2.37. The van der Waals surface area contributed by atoms with E-state index in [9.17, 15) is 0 Å². The van der Waals surface area contributed by atoms with Crippen molar-refractivity contribution in [3.63, 3.8) is 0 Å². The summed E-state index contributed by atoms with van der Waals surface area (Å²) in [6.07, 6.45) is 5.11. The fourth-order valence-electron chi connectivity index (χ4n) is 2.94. The van der Waals surface area contributed by atoms with Crippen molar-refractivity contribution in [2.45, 2.75) is 44.7 Å². The van der Waals surface area contributed by atoms with E-state index in [1.807, 2.05) is 12.1 Å². The molecule has 1 aliphatic carbocycles. The second-order valence-corrected chi connectivity index (χ2v) is 6.24. The first-order valence-electron chi connectivity index (χ1n) is 7.33. The van der Waals surface area contributed by atoms with Crippen molar-refractivity contribution < 1.29 is 0 Å². The van der Waals surface area contributed by atoms with E-state index < -0.39 is 0 Å². The van der Waals surface area contributed by atoms with Gasteiger partial charge in [0.05, 0.1) is 0 Å². The van der Waals surface area contributed by atoms with Gasteiger partial charge < -0.3 is 5.73 Å². The highest BCUT2D eigenvalue weighted by molar-refractivity contribution is 6.30. The quantitative estimate of drug-likeness (QED) is 0.858. The molecule has 0 bridgehead atoms. The van der Waals surface area contributed by atoms with E-state index in [-0.39, 0.29) is 12.1 Å². The Bertz CT molecular complexity index is 403. The second kappa shape index (κ2) is 6.74. The molecule has 0 saturated heterocycles. The summed E-state index contributed by atoms with van der Waals surface area (Å²) in [5.41, 5.74) is 7.59. The molecular weight excluding hydrogens is 256 g/mol. The summed E-state index contributed by atoms with van der Waals surface area (Å²) in [6.45, 7) is 3.30. The average molecular weight is 281 g/mol. The maximum absolute atomic E-state index is 6.35. The third-order valence-corrected chi connectivity index (χ3v) is 4.55. The zero-order valence-corrected chi connectivity index (χ0v) is 12.7. The van der Waals surface area contributed by atoms with Crippen LogP contribution in [0.1, 0.15) is 44.2 Å². The molecule has 0 heterocycles. The van der Waals surface area contributed by atoms with E-state index in [1.54, 1.807) is 0 Å². The minimum absolute atomic E-state index is 0.156. The lowest BCUT2D eigenvalue weighted by Crippen LogP contribution is -2.41. The molecule has 19 heavy (non-hydrogen) atoms. The number of hydrogen-bond donors (Lipinski definition) is 1. The molecule has 1 aliphatic rings. The molecule has 2 rings (SSSR count). The van der Waals surface area contributed by atoms with Gasteiger partial charge in [-0.2, -0.15) is 0 Å². The maximum atomic E-state index is 6.35. The van der Waals surface area contributed by atoms with E-state index in [0.29, 0.717) is 0 Å². The lowest BCUT2D eigenvalue weighted by atomic mass is 9.84. The molecule has 0 aromatic heterocycles. The fraction of sp³-hybridized carbons (Fsp3) is 0.625. The Morgan fingerprint density at radius 1 is 1.42 bits per heavy atom. The number of rotatable bonds is 6. The predicted octanol–water partition coefficient (Wildman–Crippen LogP) is 3.85. The normalized spacial score (nSPS) is 19.2. The van der Waals surface area contributed by atoms with Crippen molar-refractivity contribution in [1.29, 1.82) is 0 Å². The van der Waals surface area contributed by atoms with Gasteiger partial charge >= 0.3 is 0 Å². The molecule has 2 atom stereocenters. The summed E-state index contributed by atoms with van der Waals surface area (Å²) in [5.74, 6) is 0.857. The number of benzene rings is 1. The monoisotopic (exact) mass is 280 g/mol. The Morgan fingerprint density at radius 2 is 2.16 bits per heavy atom. The van der Waals surface area contributed by atoms with Crippen LogP contribution < -0.4 is 5.73 Å². The van der Waals surface area contributed by atoms with Gasteiger partial charge in [-0.1, -0.05) is 37.1 Å². The Hall–Kier alpha value is -0.570. The van der Waals surface area contributed by atoms with Crippen LogP contribution in [0.5, 0.6) is 0 Å². The number of nitrogens with two attached hydrogens (primary N) is 1. The molecule has 1 aromatic rings. The molecule has 2 unspecified atom stereocenters. The van der Waals surface area contributed by atoms with Crippen LogP contribution in [0.2, 0.25) is 5.02 Å². The second-order valence-electron chi connectivity index (χ2n) is 5.81. The minimum atomic E-state index is 0.156.